The van der Waals surface area contributed by atoms with E-state index in [2.05, 4.69) is 38.0 Å². The summed E-state index contributed by atoms with van der Waals surface area (Å²) in [5, 5.41) is 3.37. The molecule has 2 fully saturated rings. The van der Waals surface area contributed by atoms with Crippen molar-refractivity contribution in [1.29, 1.82) is 0 Å². The molecular formula is C12H24N2. The molecule has 2 nitrogen and oxygen atoms in total. The summed E-state index contributed by atoms with van der Waals surface area (Å²) >= 11 is 0. The zero-order valence-electron chi connectivity index (χ0n) is 10.1. The van der Waals surface area contributed by atoms with E-state index in [9.17, 15) is 0 Å². The highest BCUT2D eigenvalue weighted by atomic mass is 15.2. The van der Waals surface area contributed by atoms with Gasteiger partial charge in [-0.3, -0.25) is 0 Å². The molecule has 0 radical (unpaired) electrons. The fourth-order valence-corrected chi connectivity index (χ4v) is 2.92. The number of hydrogen-bond acceptors (Lipinski definition) is 2. The van der Waals surface area contributed by atoms with E-state index >= 15 is 0 Å². The molecule has 2 heteroatoms. The van der Waals surface area contributed by atoms with Gasteiger partial charge in [-0.1, -0.05) is 20.8 Å². The van der Waals surface area contributed by atoms with Crippen molar-refractivity contribution in [3.05, 3.63) is 0 Å². The summed E-state index contributed by atoms with van der Waals surface area (Å²) in [6.07, 6.45) is 2.76. The van der Waals surface area contributed by atoms with Crippen LogP contribution in [-0.4, -0.2) is 37.6 Å². The number of nitrogens with one attached hydrogen (secondary N) is 1. The summed E-state index contributed by atoms with van der Waals surface area (Å²) in [5.41, 5.74) is 1.16. The van der Waals surface area contributed by atoms with Crippen molar-refractivity contribution in [3.63, 3.8) is 0 Å². The van der Waals surface area contributed by atoms with Crippen LogP contribution < -0.4 is 5.32 Å². The van der Waals surface area contributed by atoms with Gasteiger partial charge >= 0.3 is 0 Å². The fourth-order valence-electron chi connectivity index (χ4n) is 2.92. The van der Waals surface area contributed by atoms with Crippen molar-refractivity contribution in [2.24, 2.45) is 10.8 Å². The Balaban J connectivity index is 1.77. The molecule has 1 heterocycles. The van der Waals surface area contributed by atoms with Gasteiger partial charge in [0.1, 0.15) is 0 Å². The Labute approximate surface area is 88.1 Å². The van der Waals surface area contributed by atoms with E-state index in [1.54, 1.807) is 0 Å². The van der Waals surface area contributed by atoms with Crippen LogP contribution >= 0.6 is 0 Å². The minimum absolute atomic E-state index is 0.550. The first-order chi connectivity index (χ1) is 6.40. The van der Waals surface area contributed by atoms with Crippen LogP contribution in [0.5, 0.6) is 0 Å². The first kappa shape index (κ1) is 10.4. The second-order valence-corrected chi connectivity index (χ2v) is 6.56. The minimum atomic E-state index is 0.550. The Bertz CT molecular complexity index is 210. The van der Waals surface area contributed by atoms with Crippen LogP contribution in [-0.2, 0) is 0 Å². The third kappa shape index (κ3) is 1.96. The van der Waals surface area contributed by atoms with E-state index in [-0.39, 0.29) is 0 Å². The van der Waals surface area contributed by atoms with E-state index in [0.29, 0.717) is 10.8 Å². The lowest BCUT2D eigenvalue weighted by atomic mass is 9.67. The zero-order valence-corrected chi connectivity index (χ0v) is 10.1. The average molecular weight is 196 g/mol. The van der Waals surface area contributed by atoms with E-state index in [0.717, 1.165) is 6.04 Å². The van der Waals surface area contributed by atoms with E-state index in [4.69, 9.17) is 0 Å². The minimum Gasteiger partial charge on any atom is -0.315 e. The largest absolute Gasteiger partial charge is 0.315 e. The molecule has 0 aromatic heterocycles. The maximum Gasteiger partial charge on any atom is 0.0103 e. The third-order valence-electron chi connectivity index (χ3n) is 3.93. The second kappa shape index (κ2) is 3.21. The maximum absolute atomic E-state index is 3.37. The lowest BCUT2D eigenvalue weighted by molar-refractivity contribution is 0.00716. The Morgan fingerprint density at radius 3 is 2.14 bits per heavy atom. The van der Waals surface area contributed by atoms with Gasteiger partial charge in [0.25, 0.3) is 0 Å². The summed E-state index contributed by atoms with van der Waals surface area (Å²) in [4.78, 5) is 2.58. The third-order valence-corrected chi connectivity index (χ3v) is 3.93. The van der Waals surface area contributed by atoms with Crippen LogP contribution in [0.1, 0.15) is 33.6 Å². The van der Waals surface area contributed by atoms with Gasteiger partial charge in [0.15, 0.2) is 0 Å². The highest BCUT2D eigenvalue weighted by Crippen LogP contribution is 2.43. The normalized spacial score (nSPS) is 29.8. The molecule has 1 aliphatic heterocycles. The Morgan fingerprint density at radius 1 is 1.21 bits per heavy atom. The number of hydrogen-bond donors (Lipinski definition) is 1. The standard InChI is InChI=1S/C12H24N2/c1-11(2)5-10(6-11)14(4)9-12(3)7-13-8-12/h10,13H,5-9H2,1-4H3. The first-order valence-electron chi connectivity index (χ1n) is 5.81. The van der Waals surface area contributed by atoms with Crippen LogP contribution in [0.15, 0.2) is 0 Å². The van der Waals surface area contributed by atoms with Crippen LogP contribution in [0.25, 0.3) is 0 Å². The first-order valence-corrected chi connectivity index (χ1v) is 5.81. The van der Waals surface area contributed by atoms with Gasteiger partial charge in [-0.15, -0.1) is 0 Å². The summed E-state index contributed by atoms with van der Waals surface area (Å²) in [5.74, 6) is 0. The molecule has 0 spiro atoms. The second-order valence-electron chi connectivity index (χ2n) is 6.56. The summed E-state index contributed by atoms with van der Waals surface area (Å²) in [7, 11) is 2.30. The van der Waals surface area contributed by atoms with Gasteiger partial charge in [0.2, 0.25) is 0 Å². The topological polar surface area (TPSA) is 15.3 Å². The Kier molecular flexibility index (Phi) is 2.39. The van der Waals surface area contributed by atoms with Crippen molar-refractivity contribution < 1.29 is 0 Å². The summed E-state index contributed by atoms with van der Waals surface area (Å²) in [6.45, 7) is 10.8. The lowest BCUT2D eigenvalue weighted by Crippen LogP contribution is -2.59. The van der Waals surface area contributed by atoms with Crippen molar-refractivity contribution in [1.82, 2.24) is 10.2 Å². The number of nitrogens with zero attached hydrogens (tertiary/aromatic N) is 1. The van der Waals surface area contributed by atoms with E-state index in [1.807, 2.05) is 0 Å². The van der Waals surface area contributed by atoms with Gasteiger partial charge in [-0.25, -0.2) is 0 Å². The monoisotopic (exact) mass is 196 g/mol. The van der Waals surface area contributed by atoms with Crippen molar-refractivity contribution in [2.75, 3.05) is 26.7 Å². The highest BCUT2D eigenvalue weighted by molar-refractivity contribution is 4.96. The van der Waals surface area contributed by atoms with Gasteiger partial charge in [-0.05, 0) is 25.3 Å². The molecule has 0 bridgehead atoms. The molecule has 0 amide bonds. The summed E-state index contributed by atoms with van der Waals surface area (Å²) in [6, 6.07) is 0.849. The molecule has 14 heavy (non-hydrogen) atoms. The molecular weight excluding hydrogens is 172 g/mol. The van der Waals surface area contributed by atoms with Crippen molar-refractivity contribution in [2.45, 2.75) is 39.7 Å². The molecule has 82 valence electrons. The zero-order chi connectivity index (χ0) is 10.4. The van der Waals surface area contributed by atoms with Crippen LogP contribution in [0, 0.1) is 10.8 Å². The molecule has 2 aliphatic rings. The molecule has 0 aromatic carbocycles. The fraction of sp³-hybridized carbons (Fsp3) is 1.00. The Hall–Kier alpha value is -0.0800. The molecule has 1 saturated carbocycles. The molecule has 0 aromatic rings. The number of rotatable bonds is 3. The lowest BCUT2D eigenvalue weighted by Gasteiger charge is -2.51. The van der Waals surface area contributed by atoms with Crippen LogP contribution in [0.2, 0.25) is 0 Å². The average Bonchev–Trinajstić information content (AvgIpc) is 1.96. The molecule has 1 saturated heterocycles. The molecule has 2 rings (SSSR count). The highest BCUT2D eigenvalue weighted by Gasteiger charge is 2.41. The quantitative estimate of drug-likeness (QED) is 0.739. The van der Waals surface area contributed by atoms with Gasteiger partial charge in [0, 0.05) is 31.1 Å². The smallest absolute Gasteiger partial charge is 0.0103 e. The molecule has 0 unspecified atom stereocenters. The molecule has 1 N–H and O–H groups in total. The predicted molar refractivity (Wildman–Crippen MR) is 60.4 cm³/mol. The molecule has 0 atom stereocenters. The summed E-state index contributed by atoms with van der Waals surface area (Å²) < 4.78 is 0. The van der Waals surface area contributed by atoms with Crippen molar-refractivity contribution >= 4 is 0 Å². The van der Waals surface area contributed by atoms with Gasteiger partial charge < -0.3 is 10.2 Å². The van der Waals surface area contributed by atoms with E-state index in [1.165, 1.54) is 32.5 Å². The van der Waals surface area contributed by atoms with Crippen LogP contribution in [0.3, 0.4) is 0 Å². The van der Waals surface area contributed by atoms with Gasteiger partial charge in [-0.2, -0.15) is 0 Å². The molecule has 1 aliphatic carbocycles. The van der Waals surface area contributed by atoms with Gasteiger partial charge in [0.05, 0.1) is 0 Å². The SMILES string of the molecule is CN(CC1(C)CNC1)C1CC(C)(C)C1. The Morgan fingerprint density at radius 2 is 1.79 bits per heavy atom. The van der Waals surface area contributed by atoms with Crippen LogP contribution in [0.4, 0.5) is 0 Å². The van der Waals surface area contributed by atoms with Crippen molar-refractivity contribution in [3.8, 4) is 0 Å². The maximum atomic E-state index is 3.37. The predicted octanol–water partition coefficient (Wildman–Crippen LogP) is 1.72. The van der Waals surface area contributed by atoms with E-state index < -0.39 is 0 Å².